The van der Waals surface area contributed by atoms with Gasteiger partial charge in [-0.3, -0.25) is 9.79 Å². The summed E-state index contributed by atoms with van der Waals surface area (Å²) in [6.07, 6.45) is 2.51. The van der Waals surface area contributed by atoms with Crippen molar-refractivity contribution in [3.05, 3.63) is 30.1 Å². The predicted molar refractivity (Wildman–Crippen MR) is 97.1 cm³/mol. The van der Waals surface area contributed by atoms with Gasteiger partial charge in [-0.05, 0) is 37.1 Å². The smallest absolute Gasteiger partial charge is 0.222 e. The van der Waals surface area contributed by atoms with Crippen LogP contribution in [0.3, 0.4) is 0 Å². The molecule has 1 aromatic rings. The quantitative estimate of drug-likeness (QED) is 0.495. The highest BCUT2D eigenvalue weighted by molar-refractivity contribution is 5.78. The van der Waals surface area contributed by atoms with E-state index in [4.69, 9.17) is 5.73 Å². The molecule has 2 saturated heterocycles. The highest BCUT2D eigenvalue weighted by atomic mass is 19.1. The summed E-state index contributed by atoms with van der Waals surface area (Å²) in [5.74, 6) is 0.620. The number of piperazine rings is 1. The number of nitrogens with zero attached hydrogens (tertiary/aromatic N) is 4. The molecule has 0 aromatic heterocycles. The van der Waals surface area contributed by atoms with Crippen molar-refractivity contribution in [1.82, 2.24) is 9.80 Å². The average Bonchev–Trinajstić information content (AvgIpc) is 3.04. The molecule has 7 heteroatoms. The molecule has 0 radical (unpaired) electrons. The second-order valence-electron chi connectivity index (χ2n) is 6.53. The third kappa shape index (κ3) is 4.61. The van der Waals surface area contributed by atoms with Crippen molar-refractivity contribution in [3.8, 4) is 0 Å². The van der Waals surface area contributed by atoms with Crippen LogP contribution in [0.2, 0.25) is 0 Å². The number of guanidine groups is 1. The first-order valence-electron chi connectivity index (χ1n) is 8.96. The number of carbonyl (C=O) groups is 1. The fourth-order valence-corrected chi connectivity index (χ4v) is 3.34. The normalized spacial score (nSPS) is 19.0. The van der Waals surface area contributed by atoms with Gasteiger partial charge < -0.3 is 20.4 Å². The van der Waals surface area contributed by atoms with E-state index in [1.165, 1.54) is 12.1 Å². The van der Waals surface area contributed by atoms with Crippen LogP contribution in [-0.4, -0.2) is 67.5 Å². The minimum absolute atomic E-state index is 0.214. The summed E-state index contributed by atoms with van der Waals surface area (Å²) in [6.45, 7) is 5.58. The summed E-state index contributed by atoms with van der Waals surface area (Å²) in [5.41, 5.74) is 7.14. The molecular formula is C18H26FN5O. The maximum atomic E-state index is 13.0. The molecule has 2 fully saturated rings. The Morgan fingerprint density at radius 3 is 2.48 bits per heavy atom. The van der Waals surface area contributed by atoms with Crippen LogP contribution in [0, 0.1) is 5.82 Å². The standard InChI is InChI=1S/C18H26FN5O/c19-15-4-6-16(7-5-15)22-11-13-24(14-12-22)18(20)21-8-2-10-23-9-1-3-17(23)25/h4-7H,1-3,8-14H2,(H2,20,21). The summed E-state index contributed by atoms with van der Waals surface area (Å²) in [5, 5.41) is 0. The van der Waals surface area contributed by atoms with Gasteiger partial charge in [0.15, 0.2) is 5.96 Å². The maximum Gasteiger partial charge on any atom is 0.222 e. The molecule has 3 rings (SSSR count). The van der Waals surface area contributed by atoms with Crippen molar-refractivity contribution in [2.75, 3.05) is 50.7 Å². The molecule has 1 amide bonds. The zero-order valence-corrected chi connectivity index (χ0v) is 14.5. The van der Waals surface area contributed by atoms with Crippen molar-refractivity contribution in [2.45, 2.75) is 19.3 Å². The first kappa shape index (κ1) is 17.5. The summed E-state index contributed by atoms with van der Waals surface area (Å²) in [7, 11) is 0. The number of aliphatic imine (C=N–C) groups is 1. The highest BCUT2D eigenvalue weighted by Crippen LogP contribution is 2.16. The van der Waals surface area contributed by atoms with Crippen LogP contribution in [0.15, 0.2) is 29.3 Å². The molecule has 2 N–H and O–H groups in total. The molecule has 25 heavy (non-hydrogen) atoms. The summed E-state index contributed by atoms with van der Waals surface area (Å²) >= 11 is 0. The molecule has 0 spiro atoms. The number of amides is 1. The SMILES string of the molecule is NC(=NCCCN1CCCC1=O)N1CCN(c2ccc(F)cc2)CC1. The second-order valence-corrected chi connectivity index (χ2v) is 6.53. The Kier molecular flexibility index (Phi) is 5.73. The number of hydrogen-bond donors (Lipinski definition) is 1. The summed E-state index contributed by atoms with van der Waals surface area (Å²) in [6, 6.07) is 6.59. The molecular weight excluding hydrogens is 321 g/mol. The topological polar surface area (TPSA) is 65.2 Å². The molecule has 6 nitrogen and oxygen atoms in total. The zero-order valence-electron chi connectivity index (χ0n) is 14.5. The van der Waals surface area contributed by atoms with E-state index in [0.717, 1.165) is 57.8 Å². The van der Waals surface area contributed by atoms with Crippen molar-refractivity contribution in [1.29, 1.82) is 0 Å². The van der Waals surface area contributed by atoms with E-state index < -0.39 is 0 Å². The number of nitrogens with two attached hydrogens (primary N) is 1. The number of hydrogen-bond acceptors (Lipinski definition) is 3. The third-order valence-electron chi connectivity index (χ3n) is 4.83. The lowest BCUT2D eigenvalue weighted by molar-refractivity contribution is -0.127. The van der Waals surface area contributed by atoms with Crippen LogP contribution in [0.5, 0.6) is 0 Å². The Morgan fingerprint density at radius 1 is 1.12 bits per heavy atom. The van der Waals surface area contributed by atoms with Crippen LogP contribution >= 0.6 is 0 Å². The first-order valence-corrected chi connectivity index (χ1v) is 8.96. The number of benzene rings is 1. The van der Waals surface area contributed by atoms with Crippen molar-refractivity contribution < 1.29 is 9.18 Å². The molecule has 2 aliphatic rings. The summed E-state index contributed by atoms with van der Waals surface area (Å²) in [4.78, 5) is 22.2. The molecule has 136 valence electrons. The molecule has 1 aromatic carbocycles. The van der Waals surface area contributed by atoms with Crippen LogP contribution in [-0.2, 0) is 4.79 Å². The van der Waals surface area contributed by atoms with Gasteiger partial charge >= 0.3 is 0 Å². The lowest BCUT2D eigenvalue weighted by atomic mass is 10.2. The lowest BCUT2D eigenvalue weighted by Crippen LogP contribution is -2.51. The van der Waals surface area contributed by atoms with Gasteiger partial charge in [0.25, 0.3) is 0 Å². The Bertz CT molecular complexity index is 610. The van der Waals surface area contributed by atoms with Crippen LogP contribution in [0.25, 0.3) is 0 Å². The molecule has 0 bridgehead atoms. The van der Waals surface area contributed by atoms with Gasteiger partial charge in [0.2, 0.25) is 5.91 Å². The first-order chi connectivity index (χ1) is 12.1. The number of rotatable bonds is 5. The number of carbonyl (C=O) groups excluding carboxylic acids is 1. The Labute approximate surface area is 148 Å². The lowest BCUT2D eigenvalue weighted by Gasteiger charge is -2.36. The van der Waals surface area contributed by atoms with Gasteiger partial charge in [0, 0.05) is 57.9 Å². The van der Waals surface area contributed by atoms with E-state index in [0.29, 0.717) is 18.9 Å². The molecule has 2 heterocycles. The van der Waals surface area contributed by atoms with E-state index in [1.54, 1.807) is 0 Å². The van der Waals surface area contributed by atoms with E-state index in [1.807, 2.05) is 17.0 Å². The number of likely N-dealkylation sites (tertiary alicyclic amines) is 1. The van der Waals surface area contributed by atoms with Gasteiger partial charge in [-0.1, -0.05) is 0 Å². The Balaban J connectivity index is 1.40. The molecule has 0 unspecified atom stereocenters. The van der Waals surface area contributed by atoms with Gasteiger partial charge in [-0.25, -0.2) is 4.39 Å². The average molecular weight is 347 g/mol. The zero-order chi connectivity index (χ0) is 17.6. The molecule has 2 aliphatic heterocycles. The summed E-state index contributed by atoms with van der Waals surface area (Å²) < 4.78 is 13.0. The number of halogens is 1. The predicted octanol–water partition coefficient (Wildman–Crippen LogP) is 1.27. The van der Waals surface area contributed by atoms with Crippen molar-refractivity contribution in [2.24, 2.45) is 10.7 Å². The van der Waals surface area contributed by atoms with E-state index in [-0.39, 0.29) is 11.7 Å². The Hall–Kier alpha value is -2.31. The monoisotopic (exact) mass is 347 g/mol. The fourth-order valence-electron chi connectivity index (χ4n) is 3.34. The largest absolute Gasteiger partial charge is 0.370 e. The van der Waals surface area contributed by atoms with Crippen LogP contribution < -0.4 is 10.6 Å². The van der Waals surface area contributed by atoms with Gasteiger partial charge in [-0.2, -0.15) is 0 Å². The van der Waals surface area contributed by atoms with Crippen molar-refractivity contribution >= 4 is 17.6 Å². The maximum absolute atomic E-state index is 13.0. The minimum atomic E-state index is -0.214. The third-order valence-corrected chi connectivity index (χ3v) is 4.83. The number of anilines is 1. The van der Waals surface area contributed by atoms with Crippen LogP contribution in [0.1, 0.15) is 19.3 Å². The highest BCUT2D eigenvalue weighted by Gasteiger charge is 2.20. The van der Waals surface area contributed by atoms with E-state index in [9.17, 15) is 9.18 Å². The van der Waals surface area contributed by atoms with E-state index >= 15 is 0 Å². The molecule has 0 aliphatic carbocycles. The van der Waals surface area contributed by atoms with Gasteiger partial charge in [0.05, 0.1) is 0 Å². The molecule has 0 saturated carbocycles. The van der Waals surface area contributed by atoms with Crippen LogP contribution in [0.4, 0.5) is 10.1 Å². The van der Waals surface area contributed by atoms with Gasteiger partial charge in [0.1, 0.15) is 5.82 Å². The fraction of sp³-hybridized carbons (Fsp3) is 0.556. The van der Waals surface area contributed by atoms with Gasteiger partial charge in [-0.15, -0.1) is 0 Å². The van der Waals surface area contributed by atoms with Crippen molar-refractivity contribution in [3.63, 3.8) is 0 Å². The second kappa shape index (κ2) is 8.18. The minimum Gasteiger partial charge on any atom is -0.370 e. The Morgan fingerprint density at radius 2 is 1.84 bits per heavy atom. The van der Waals surface area contributed by atoms with E-state index in [2.05, 4.69) is 14.8 Å². The molecule has 0 atom stereocenters.